The van der Waals surface area contributed by atoms with Gasteiger partial charge in [-0.1, -0.05) is 12.1 Å². The van der Waals surface area contributed by atoms with E-state index in [2.05, 4.69) is 21.3 Å². The third-order valence-electron chi connectivity index (χ3n) is 5.32. The lowest BCUT2D eigenvalue weighted by Crippen LogP contribution is -2.40. The fourth-order valence-electron chi connectivity index (χ4n) is 3.89. The third-order valence-corrected chi connectivity index (χ3v) is 5.32. The van der Waals surface area contributed by atoms with Crippen molar-refractivity contribution in [2.24, 2.45) is 5.92 Å². The first-order chi connectivity index (χ1) is 13.6. The number of methoxy groups -OCH3 is 2. The van der Waals surface area contributed by atoms with E-state index in [0.29, 0.717) is 5.92 Å². The number of nitrogens with zero attached hydrogens (tertiary/aromatic N) is 2. The van der Waals surface area contributed by atoms with E-state index in [-0.39, 0.29) is 11.9 Å². The smallest absolute Gasteiger partial charge is 0.217 e. The molecular formula is C22H29N3O3. The molecule has 1 fully saturated rings. The molecule has 2 heterocycles. The molecule has 1 N–H and O–H groups in total. The molecule has 1 aliphatic rings. The Bertz CT molecular complexity index is 774. The van der Waals surface area contributed by atoms with Crippen LogP contribution in [-0.4, -0.2) is 43.1 Å². The van der Waals surface area contributed by atoms with Gasteiger partial charge in [0.1, 0.15) is 0 Å². The highest BCUT2D eigenvalue weighted by Crippen LogP contribution is 2.32. The van der Waals surface area contributed by atoms with Crippen LogP contribution >= 0.6 is 0 Å². The summed E-state index contributed by atoms with van der Waals surface area (Å²) in [5.41, 5.74) is 2.15. The maximum Gasteiger partial charge on any atom is 0.217 e. The molecule has 1 unspecified atom stereocenters. The van der Waals surface area contributed by atoms with Gasteiger partial charge in [0.25, 0.3) is 0 Å². The Labute approximate surface area is 166 Å². The number of aromatic nitrogens is 1. The van der Waals surface area contributed by atoms with Crippen molar-refractivity contribution in [3.8, 4) is 11.5 Å². The highest BCUT2D eigenvalue weighted by molar-refractivity contribution is 5.73. The minimum atomic E-state index is -0.0260. The maximum absolute atomic E-state index is 11.7. The number of hydrogen-bond acceptors (Lipinski definition) is 5. The molecule has 0 saturated carbocycles. The summed E-state index contributed by atoms with van der Waals surface area (Å²) < 4.78 is 10.7. The van der Waals surface area contributed by atoms with Crippen LogP contribution in [0, 0.1) is 5.92 Å². The van der Waals surface area contributed by atoms with Gasteiger partial charge < -0.3 is 14.8 Å². The number of pyridine rings is 1. The summed E-state index contributed by atoms with van der Waals surface area (Å²) in [6.45, 7) is 4.42. The van der Waals surface area contributed by atoms with Gasteiger partial charge in [0, 0.05) is 19.7 Å². The first-order valence-electron chi connectivity index (χ1n) is 9.72. The van der Waals surface area contributed by atoms with Crippen molar-refractivity contribution in [1.29, 1.82) is 0 Å². The van der Waals surface area contributed by atoms with Gasteiger partial charge in [-0.2, -0.15) is 0 Å². The Morgan fingerprint density at radius 1 is 1.18 bits per heavy atom. The van der Waals surface area contributed by atoms with Crippen LogP contribution in [0.3, 0.4) is 0 Å². The second kappa shape index (κ2) is 9.55. The SMILES string of the molecule is COc1ccc(CN2CCC(C(NC(C)=O)c3ccccn3)CC2)cc1OC. The average Bonchev–Trinajstić information content (AvgIpc) is 2.73. The lowest BCUT2D eigenvalue weighted by Gasteiger charge is -2.36. The van der Waals surface area contributed by atoms with Crippen LogP contribution in [0.2, 0.25) is 0 Å². The Balaban J connectivity index is 1.62. The number of amides is 1. The van der Waals surface area contributed by atoms with Crippen LogP contribution < -0.4 is 14.8 Å². The second-order valence-electron chi connectivity index (χ2n) is 7.24. The van der Waals surface area contributed by atoms with Gasteiger partial charge in [-0.3, -0.25) is 14.7 Å². The Hall–Kier alpha value is -2.60. The molecule has 1 aliphatic heterocycles. The fourth-order valence-corrected chi connectivity index (χ4v) is 3.89. The van der Waals surface area contributed by atoms with E-state index >= 15 is 0 Å². The Morgan fingerprint density at radius 3 is 2.54 bits per heavy atom. The molecule has 6 nitrogen and oxygen atoms in total. The molecule has 3 rings (SSSR count). The minimum absolute atomic E-state index is 0.0107. The number of ether oxygens (including phenoxy) is 2. The van der Waals surface area contributed by atoms with Gasteiger partial charge in [0.15, 0.2) is 11.5 Å². The Kier molecular flexibility index (Phi) is 6.87. The average molecular weight is 383 g/mol. The summed E-state index contributed by atoms with van der Waals surface area (Å²) in [6.07, 6.45) is 3.83. The van der Waals surface area contributed by atoms with Crippen molar-refractivity contribution in [1.82, 2.24) is 15.2 Å². The van der Waals surface area contributed by atoms with E-state index < -0.39 is 0 Å². The van der Waals surface area contributed by atoms with Gasteiger partial charge in [0.2, 0.25) is 5.91 Å². The number of hydrogen-bond donors (Lipinski definition) is 1. The predicted octanol–water partition coefficient (Wildman–Crippen LogP) is 3.19. The topological polar surface area (TPSA) is 63.7 Å². The molecular weight excluding hydrogens is 354 g/mol. The van der Waals surface area contributed by atoms with Crippen LogP contribution in [0.1, 0.15) is 37.1 Å². The highest BCUT2D eigenvalue weighted by Gasteiger charge is 2.29. The second-order valence-corrected chi connectivity index (χ2v) is 7.24. The number of rotatable bonds is 7. The van der Waals surface area contributed by atoms with Gasteiger partial charge >= 0.3 is 0 Å². The van der Waals surface area contributed by atoms with E-state index in [4.69, 9.17) is 9.47 Å². The van der Waals surface area contributed by atoms with E-state index in [1.165, 1.54) is 5.56 Å². The molecule has 1 atom stereocenters. The predicted molar refractivity (Wildman–Crippen MR) is 108 cm³/mol. The standard InChI is InChI=1S/C22H29N3O3/c1-16(26)24-22(19-6-4-5-11-23-19)18-9-12-25(13-10-18)15-17-7-8-20(27-2)21(14-17)28-3/h4-8,11,14,18,22H,9-10,12-13,15H2,1-3H3,(H,24,26). The molecule has 1 aromatic carbocycles. The third kappa shape index (κ3) is 5.01. The lowest BCUT2D eigenvalue weighted by atomic mass is 9.87. The molecule has 150 valence electrons. The zero-order chi connectivity index (χ0) is 19.9. The van der Waals surface area contributed by atoms with E-state index in [9.17, 15) is 4.79 Å². The first kappa shape index (κ1) is 20.1. The molecule has 0 spiro atoms. The molecule has 0 bridgehead atoms. The van der Waals surface area contributed by atoms with Crippen molar-refractivity contribution < 1.29 is 14.3 Å². The summed E-state index contributed by atoms with van der Waals surface area (Å²) in [4.78, 5) is 18.6. The zero-order valence-corrected chi connectivity index (χ0v) is 16.9. The minimum Gasteiger partial charge on any atom is -0.493 e. The van der Waals surface area contributed by atoms with Crippen molar-refractivity contribution in [2.75, 3.05) is 27.3 Å². The van der Waals surface area contributed by atoms with E-state index in [0.717, 1.165) is 49.7 Å². The number of carbonyl (C=O) groups is 1. The van der Waals surface area contributed by atoms with Gasteiger partial charge in [0.05, 0.1) is 26.0 Å². The quantitative estimate of drug-likeness (QED) is 0.796. The van der Waals surface area contributed by atoms with Gasteiger partial charge in [-0.25, -0.2) is 0 Å². The van der Waals surface area contributed by atoms with Crippen molar-refractivity contribution in [3.05, 3.63) is 53.9 Å². The van der Waals surface area contributed by atoms with Crippen molar-refractivity contribution >= 4 is 5.91 Å². The largest absolute Gasteiger partial charge is 0.493 e. The maximum atomic E-state index is 11.7. The molecule has 6 heteroatoms. The van der Waals surface area contributed by atoms with E-state index in [1.807, 2.05) is 30.3 Å². The van der Waals surface area contributed by atoms with Crippen LogP contribution in [0.4, 0.5) is 0 Å². The summed E-state index contributed by atoms with van der Waals surface area (Å²) in [5.74, 6) is 1.89. The number of carbonyl (C=O) groups excluding carboxylic acids is 1. The summed E-state index contributed by atoms with van der Waals surface area (Å²) in [6, 6.07) is 11.9. The summed E-state index contributed by atoms with van der Waals surface area (Å²) >= 11 is 0. The van der Waals surface area contributed by atoms with Crippen molar-refractivity contribution in [3.63, 3.8) is 0 Å². The number of benzene rings is 1. The van der Waals surface area contributed by atoms with Gasteiger partial charge in [-0.15, -0.1) is 0 Å². The lowest BCUT2D eigenvalue weighted by molar-refractivity contribution is -0.120. The molecule has 0 aliphatic carbocycles. The number of piperidine rings is 1. The molecule has 1 aromatic heterocycles. The number of nitrogens with one attached hydrogen (secondary N) is 1. The normalized spacial score (nSPS) is 16.4. The van der Waals surface area contributed by atoms with Crippen LogP contribution in [0.15, 0.2) is 42.6 Å². The monoisotopic (exact) mass is 383 g/mol. The van der Waals surface area contributed by atoms with Gasteiger partial charge in [-0.05, 0) is 61.7 Å². The summed E-state index contributed by atoms with van der Waals surface area (Å²) in [7, 11) is 3.31. The fraction of sp³-hybridized carbons (Fsp3) is 0.455. The number of likely N-dealkylation sites (tertiary alicyclic amines) is 1. The molecule has 1 saturated heterocycles. The zero-order valence-electron chi connectivity index (χ0n) is 16.9. The molecule has 0 radical (unpaired) electrons. The highest BCUT2D eigenvalue weighted by atomic mass is 16.5. The first-order valence-corrected chi connectivity index (χ1v) is 9.72. The van der Waals surface area contributed by atoms with Crippen LogP contribution in [-0.2, 0) is 11.3 Å². The van der Waals surface area contributed by atoms with Crippen LogP contribution in [0.5, 0.6) is 11.5 Å². The molecule has 28 heavy (non-hydrogen) atoms. The van der Waals surface area contributed by atoms with E-state index in [1.54, 1.807) is 27.3 Å². The van der Waals surface area contributed by atoms with Crippen molar-refractivity contribution in [2.45, 2.75) is 32.4 Å². The molecule has 2 aromatic rings. The molecule has 1 amide bonds. The van der Waals surface area contributed by atoms with Crippen LogP contribution in [0.25, 0.3) is 0 Å². The summed E-state index contributed by atoms with van der Waals surface area (Å²) in [5, 5.41) is 3.11. The Morgan fingerprint density at radius 2 is 1.93 bits per heavy atom.